The van der Waals surface area contributed by atoms with Gasteiger partial charge in [-0.1, -0.05) is 59.6 Å². The Morgan fingerprint density at radius 3 is 2.42 bits per heavy atom. The van der Waals surface area contributed by atoms with Crippen LogP contribution in [0.5, 0.6) is 0 Å². The lowest BCUT2D eigenvalue weighted by atomic mass is 10.00. The third-order valence-corrected chi connectivity index (χ3v) is 6.56. The molecule has 2 rings (SSSR count). The van der Waals surface area contributed by atoms with Crippen molar-refractivity contribution >= 4 is 47.0 Å². The van der Waals surface area contributed by atoms with Gasteiger partial charge < -0.3 is 20.3 Å². The van der Waals surface area contributed by atoms with Crippen molar-refractivity contribution < 1.29 is 19.1 Å². The van der Waals surface area contributed by atoms with Crippen molar-refractivity contribution in [2.45, 2.75) is 58.7 Å². The number of thioether (sulfide) groups is 1. The van der Waals surface area contributed by atoms with E-state index in [1.54, 1.807) is 56.8 Å². The fraction of sp³-hybridized carbons (Fsp3) is 0.414. The van der Waals surface area contributed by atoms with Gasteiger partial charge in [-0.25, -0.2) is 4.79 Å². The van der Waals surface area contributed by atoms with E-state index in [4.69, 9.17) is 16.3 Å². The molecule has 0 heterocycles. The highest BCUT2D eigenvalue weighted by Crippen LogP contribution is 2.30. The number of alkyl carbamates (subject to hydrolysis) is 1. The lowest BCUT2D eigenvalue weighted by Gasteiger charge is -2.34. The van der Waals surface area contributed by atoms with Gasteiger partial charge >= 0.3 is 6.09 Å². The molecule has 0 aliphatic heterocycles. The predicted octanol–water partition coefficient (Wildman–Crippen LogP) is 6.30. The number of carbonyl (C=O) groups excluding carboxylic acids is 3. The Balaban J connectivity index is 2.53. The Labute approximate surface area is 235 Å². The zero-order chi connectivity index (χ0) is 28.5. The van der Waals surface area contributed by atoms with Crippen LogP contribution in [0.2, 0.25) is 5.02 Å². The normalized spacial score (nSPS) is 12.7. The molecule has 0 saturated heterocycles. The highest BCUT2D eigenvalue weighted by molar-refractivity contribution is 7.98. The molecule has 38 heavy (non-hydrogen) atoms. The van der Waals surface area contributed by atoms with Gasteiger partial charge in [-0.05, 0) is 70.2 Å². The SMILES string of the molecule is C=CCN(C(=O)C(CCSC)NC(=O)OC(C)(C)C)C(C(=O)Nc1c(C)cccc1Cl)c1cccc(C)c1. The molecule has 2 aromatic rings. The first-order valence-electron chi connectivity index (χ1n) is 12.4. The summed E-state index contributed by atoms with van der Waals surface area (Å²) >= 11 is 7.95. The summed E-state index contributed by atoms with van der Waals surface area (Å²) in [5, 5.41) is 6.04. The molecule has 0 bridgehead atoms. The van der Waals surface area contributed by atoms with Crippen molar-refractivity contribution in [3.63, 3.8) is 0 Å². The van der Waals surface area contributed by atoms with E-state index >= 15 is 0 Å². The number of amides is 3. The average Bonchev–Trinajstić information content (AvgIpc) is 2.82. The number of ether oxygens (including phenoxy) is 1. The van der Waals surface area contributed by atoms with Crippen LogP contribution in [0.25, 0.3) is 0 Å². The molecule has 0 aliphatic carbocycles. The van der Waals surface area contributed by atoms with E-state index in [0.29, 0.717) is 28.4 Å². The first kappa shape index (κ1) is 31.2. The van der Waals surface area contributed by atoms with Gasteiger partial charge in [0, 0.05) is 6.54 Å². The summed E-state index contributed by atoms with van der Waals surface area (Å²) in [5.74, 6) is -0.223. The number of rotatable bonds is 11. The van der Waals surface area contributed by atoms with E-state index in [2.05, 4.69) is 17.2 Å². The Morgan fingerprint density at radius 2 is 1.84 bits per heavy atom. The zero-order valence-electron chi connectivity index (χ0n) is 23.0. The van der Waals surface area contributed by atoms with Crippen molar-refractivity contribution in [1.29, 1.82) is 0 Å². The third kappa shape index (κ3) is 9.10. The van der Waals surface area contributed by atoms with Crippen molar-refractivity contribution in [3.05, 3.63) is 76.8 Å². The number of aryl methyl sites for hydroxylation is 2. The fourth-order valence-electron chi connectivity index (χ4n) is 3.90. The lowest BCUT2D eigenvalue weighted by molar-refractivity contribution is -0.140. The molecular weight excluding hydrogens is 522 g/mol. The number of para-hydroxylation sites is 1. The monoisotopic (exact) mass is 559 g/mol. The molecule has 206 valence electrons. The van der Waals surface area contributed by atoms with Crippen LogP contribution in [-0.2, 0) is 14.3 Å². The van der Waals surface area contributed by atoms with Crippen LogP contribution in [0.1, 0.15) is 49.9 Å². The molecule has 2 atom stereocenters. The molecule has 3 amide bonds. The number of nitrogens with zero attached hydrogens (tertiary/aromatic N) is 1. The van der Waals surface area contributed by atoms with Gasteiger partial charge in [-0.2, -0.15) is 11.8 Å². The lowest BCUT2D eigenvalue weighted by Crippen LogP contribution is -2.52. The number of carbonyl (C=O) groups is 3. The summed E-state index contributed by atoms with van der Waals surface area (Å²) in [4.78, 5) is 42.0. The smallest absolute Gasteiger partial charge is 0.408 e. The number of hydrogen-bond acceptors (Lipinski definition) is 5. The maximum absolute atomic E-state index is 14.0. The molecule has 2 aromatic carbocycles. The highest BCUT2D eigenvalue weighted by Gasteiger charge is 2.36. The summed E-state index contributed by atoms with van der Waals surface area (Å²) in [6.07, 6.45) is 3.15. The molecule has 2 unspecified atom stereocenters. The quantitative estimate of drug-likeness (QED) is 0.316. The van der Waals surface area contributed by atoms with E-state index in [1.165, 1.54) is 4.90 Å². The van der Waals surface area contributed by atoms with Gasteiger partial charge in [0.15, 0.2) is 0 Å². The van der Waals surface area contributed by atoms with Crippen molar-refractivity contribution in [3.8, 4) is 0 Å². The van der Waals surface area contributed by atoms with E-state index in [-0.39, 0.29) is 6.54 Å². The molecule has 7 nitrogen and oxygen atoms in total. The van der Waals surface area contributed by atoms with Crippen molar-refractivity contribution in [2.75, 3.05) is 23.9 Å². The fourth-order valence-corrected chi connectivity index (χ4v) is 4.64. The Morgan fingerprint density at radius 1 is 1.16 bits per heavy atom. The Kier molecular flexibility index (Phi) is 11.7. The molecule has 0 saturated carbocycles. The van der Waals surface area contributed by atoms with E-state index in [1.807, 2.05) is 44.4 Å². The van der Waals surface area contributed by atoms with Crippen molar-refractivity contribution in [1.82, 2.24) is 10.2 Å². The average molecular weight is 560 g/mol. The minimum absolute atomic E-state index is 0.0815. The van der Waals surface area contributed by atoms with E-state index in [9.17, 15) is 14.4 Å². The van der Waals surface area contributed by atoms with Crippen LogP contribution in [-0.4, -0.2) is 53.0 Å². The van der Waals surface area contributed by atoms with E-state index < -0.39 is 35.6 Å². The highest BCUT2D eigenvalue weighted by atomic mass is 35.5. The molecule has 9 heteroatoms. The Bertz CT molecular complexity index is 1130. The first-order valence-corrected chi connectivity index (χ1v) is 14.2. The second-order valence-electron chi connectivity index (χ2n) is 10.00. The molecular formula is C29H38ClN3O4S. The summed E-state index contributed by atoms with van der Waals surface area (Å²) in [5.41, 5.74) is 2.11. The van der Waals surface area contributed by atoms with Gasteiger partial charge in [0.1, 0.15) is 17.7 Å². The minimum atomic E-state index is -1.01. The molecule has 0 aliphatic rings. The maximum Gasteiger partial charge on any atom is 0.408 e. The largest absolute Gasteiger partial charge is 0.444 e. The van der Waals surface area contributed by atoms with Gasteiger partial charge in [-0.15, -0.1) is 6.58 Å². The standard InChI is InChI=1S/C29H38ClN3O4S/c1-8-16-33(27(35)23(15-17-38-7)31-28(36)37-29(4,5)6)25(21-13-9-11-19(2)18-21)26(34)32-24-20(3)12-10-14-22(24)30/h8-14,18,23,25H,1,15-17H2,2-7H3,(H,31,36)(H,32,34). The third-order valence-electron chi connectivity index (χ3n) is 5.60. The summed E-state index contributed by atoms with van der Waals surface area (Å²) in [6, 6.07) is 10.9. The zero-order valence-corrected chi connectivity index (χ0v) is 24.5. The maximum atomic E-state index is 14.0. The van der Waals surface area contributed by atoms with Crippen LogP contribution in [0.4, 0.5) is 10.5 Å². The van der Waals surface area contributed by atoms with Gasteiger partial charge in [-0.3, -0.25) is 9.59 Å². The van der Waals surface area contributed by atoms with Crippen LogP contribution in [0.3, 0.4) is 0 Å². The summed E-state index contributed by atoms with van der Waals surface area (Å²) < 4.78 is 5.41. The van der Waals surface area contributed by atoms with Gasteiger partial charge in [0.25, 0.3) is 5.91 Å². The summed E-state index contributed by atoms with van der Waals surface area (Å²) in [7, 11) is 0. The molecule has 0 aromatic heterocycles. The topological polar surface area (TPSA) is 87.7 Å². The molecule has 0 fully saturated rings. The second-order valence-corrected chi connectivity index (χ2v) is 11.4. The molecule has 2 N–H and O–H groups in total. The van der Waals surface area contributed by atoms with Gasteiger partial charge in [0.2, 0.25) is 5.91 Å². The number of hydrogen-bond donors (Lipinski definition) is 2. The first-order chi connectivity index (χ1) is 17.9. The summed E-state index contributed by atoms with van der Waals surface area (Å²) in [6.45, 7) is 12.9. The van der Waals surface area contributed by atoms with E-state index in [0.717, 1.165) is 11.1 Å². The predicted molar refractivity (Wildman–Crippen MR) is 157 cm³/mol. The molecule has 0 radical (unpaired) electrons. The van der Waals surface area contributed by atoms with Crippen molar-refractivity contribution in [2.24, 2.45) is 0 Å². The Hall–Kier alpha value is -2.97. The van der Waals surface area contributed by atoms with Gasteiger partial charge in [0.05, 0.1) is 10.7 Å². The van der Waals surface area contributed by atoms with Crippen LogP contribution >= 0.6 is 23.4 Å². The van der Waals surface area contributed by atoms with Crippen LogP contribution < -0.4 is 10.6 Å². The molecule has 0 spiro atoms. The minimum Gasteiger partial charge on any atom is -0.444 e. The van der Waals surface area contributed by atoms with Crippen LogP contribution in [0, 0.1) is 13.8 Å². The number of nitrogens with one attached hydrogen (secondary N) is 2. The number of anilines is 1. The van der Waals surface area contributed by atoms with Crippen LogP contribution in [0.15, 0.2) is 55.1 Å². The second kappa shape index (κ2) is 14.3. The number of halogens is 1. The number of benzene rings is 2.